The lowest BCUT2D eigenvalue weighted by atomic mass is 10.2. The molecule has 3 heterocycles. The second-order valence-electron chi connectivity index (χ2n) is 5.80. The van der Waals surface area contributed by atoms with E-state index in [4.69, 9.17) is 27.9 Å². The molecule has 1 aromatic rings. The van der Waals surface area contributed by atoms with Gasteiger partial charge in [0, 0.05) is 39.3 Å². The van der Waals surface area contributed by atoms with Crippen LogP contribution in [0.15, 0.2) is 6.07 Å². The van der Waals surface area contributed by atoms with E-state index in [-0.39, 0.29) is 11.8 Å². The van der Waals surface area contributed by atoms with Gasteiger partial charge in [0.1, 0.15) is 4.34 Å². The number of thiophene rings is 1. The van der Waals surface area contributed by atoms with Crippen molar-refractivity contribution in [2.24, 2.45) is 0 Å². The van der Waals surface area contributed by atoms with E-state index in [9.17, 15) is 9.59 Å². The number of morpholine rings is 1. The normalized spacial score (nSPS) is 19.6. The number of ether oxygens (including phenoxy) is 1. The molecule has 6 nitrogen and oxygen atoms in total. The average Bonchev–Trinajstić information content (AvgIpc) is 2.93. The summed E-state index contributed by atoms with van der Waals surface area (Å²) < 4.78 is 6.21. The van der Waals surface area contributed by atoms with Crippen LogP contribution in [0.4, 0.5) is 0 Å². The van der Waals surface area contributed by atoms with Crippen LogP contribution in [0.3, 0.4) is 0 Å². The van der Waals surface area contributed by atoms with Gasteiger partial charge in [-0.1, -0.05) is 23.2 Å². The van der Waals surface area contributed by atoms with E-state index in [0.29, 0.717) is 60.2 Å². The third-order valence-corrected chi connectivity index (χ3v) is 5.76. The highest BCUT2D eigenvalue weighted by atomic mass is 35.5. The quantitative estimate of drug-likeness (QED) is 0.786. The Kier molecular flexibility index (Phi) is 5.99. The predicted molar refractivity (Wildman–Crippen MR) is 94.1 cm³/mol. The topological polar surface area (TPSA) is 53.1 Å². The van der Waals surface area contributed by atoms with Crippen LogP contribution in [-0.4, -0.2) is 85.5 Å². The minimum Gasteiger partial charge on any atom is -0.379 e. The first kappa shape index (κ1) is 17.9. The van der Waals surface area contributed by atoms with E-state index in [1.807, 2.05) is 4.90 Å². The molecule has 0 unspecified atom stereocenters. The molecule has 9 heteroatoms. The lowest BCUT2D eigenvalue weighted by Gasteiger charge is -2.36. The lowest BCUT2D eigenvalue weighted by Crippen LogP contribution is -2.53. The van der Waals surface area contributed by atoms with E-state index in [2.05, 4.69) is 4.90 Å². The molecule has 0 spiro atoms. The van der Waals surface area contributed by atoms with Crippen molar-refractivity contribution >= 4 is 46.4 Å². The minimum absolute atomic E-state index is 0.112. The second kappa shape index (κ2) is 8.01. The van der Waals surface area contributed by atoms with E-state index in [1.54, 1.807) is 11.0 Å². The Morgan fingerprint density at radius 2 is 1.67 bits per heavy atom. The second-order valence-corrected chi connectivity index (χ2v) is 8.08. The highest BCUT2D eigenvalue weighted by Gasteiger charge is 2.27. The van der Waals surface area contributed by atoms with Crippen molar-refractivity contribution in [3.8, 4) is 0 Å². The van der Waals surface area contributed by atoms with Gasteiger partial charge in [-0.3, -0.25) is 14.5 Å². The molecule has 0 atom stereocenters. The maximum atomic E-state index is 12.5. The lowest BCUT2D eigenvalue weighted by molar-refractivity contribution is -0.134. The predicted octanol–water partition coefficient (Wildman–Crippen LogP) is 1.67. The molecule has 2 aliphatic rings. The summed E-state index contributed by atoms with van der Waals surface area (Å²) in [5, 5.41) is 0. The monoisotopic (exact) mass is 391 g/mol. The first-order valence-electron chi connectivity index (χ1n) is 7.86. The Hall–Kier alpha value is -0.860. The van der Waals surface area contributed by atoms with Crippen LogP contribution < -0.4 is 0 Å². The van der Waals surface area contributed by atoms with Gasteiger partial charge in [-0.25, -0.2) is 0 Å². The number of halogens is 2. The van der Waals surface area contributed by atoms with Crippen molar-refractivity contribution in [3.63, 3.8) is 0 Å². The standard InChI is InChI=1S/C15H19Cl2N3O3S/c16-12-9-11(14(17)24-12)15(22)20-3-1-19(2-4-20)13(21)10-18-5-7-23-8-6-18/h9H,1-8,10H2. The van der Waals surface area contributed by atoms with Crippen molar-refractivity contribution < 1.29 is 14.3 Å². The van der Waals surface area contributed by atoms with Crippen molar-refractivity contribution in [1.29, 1.82) is 0 Å². The number of carbonyl (C=O) groups is 2. The number of amides is 2. The van der Waals surface area contributed by atoms with Gasteiger partial charge in [-0.15, -0.1) is 11.3 Å². The van der Waals surface area contributed by atoms with E-state index in [1.165, 1.54) is 11.3 Å². The summed E-state index contributed by atoms with van der Waals surface area (Å²) in [6, 6.07) is 1.60. The van der Waals surface area contributed by atoms with Crippen molar-refractivity contribution in [3.05, 3.63) is 20.3 Å². The largest absolute Gasteiger partial charge is 0.379 e. The van der Waals surface area contributed by atoms with E-state index >= 15 is 0 Å². The first-order chi connectivity index (χ1) is 11.5. The van der Waals surface area contributed by atoms with Crippen LogP contribution in [0.1, 0.15) is 10.4 Å². The number of hydrogen-bond donors (Lipinski definition) is 0. The fraction of sp³-hybridized carbons (Fsp3) is 0.600. The number of piperazine rings is 1. The van der Waals surface area contributed by atoms with Gasteiger partial charge in [-0.05, 0) is 6.07 Å². The maximum absolute atomic E-state index is 12.5. The molecule has 2 fully saturated rings. The molecule has 132 valence electrons. The first-order valence-corrected chi connectivity index (χ1v) is 9.44. The van der Waals surface area contributed by atoms with Crippen LogP contribution in [-0.2, 0) is 9.53 Å². The van der Waals surface area contributed by atoms with Gasteiger partial charge in [0.25, 0.3) is 5.91 Å². The molecule has 0 radical (unpaired) electrons. The van der Waals surface area contributed by atoms with Gasteiger partial charge in [0.2, 0.25) is 5.91 Å². The summed E-state index contributed by atoms with van der Waals surface area (Å²) in [5.74, 6) is -0.0102. The molecule has 2 amide bonds. The van der Waals surface area contributed by atoms with E-state index in [0.717, 1.165) is 13.1 Å². The molecule has 2 saturated heterocycles. The molecule has 1 aromatic heterocycles. The molecular weight excluding hydrogens is 373 g/mol. The summed E-state index contributed by atoms with van der Waals surface area (Å²) in [5.41, 5.74) is 0.444. The smallest absolute Gasteiger partial charge is 0.256 e. The minimum atomic E-state index is -0.122. The molecule has 3 rings (SSSR count). The fourth-order valence-electron chi connectivity index (χ4n) is 2.87. The summed E-state index contributed by atoms with van der Waals surface area (Å²) in [4.78, 5) is 30.5. The number of rotatable bonds is 3. The van der Waals surface area contributed by atoms with Crippen LogP contribution in [0.2, 0.25) is 8.67 Å². The number of nitrogens with zero attached hydrogens (tertiary/aromatic N) is 3. The van der Waals surface area contributed by atoms with Crippen molar-refractivity contribution in [2.75, 3.05) is 59.0 Å². The summed E-state index contributed by atoms with van der Waals surface area (Å²) >= 11 is 13.1. The molecular formula is C15H19Cl2N3O3S. The van der Waals surface area contributed by atoms with Crippen LogP contribution in [0, 0.1) is 0 Å². The Morgan fingerprint density at radius 3 is 2.25 bits per heavy atom. The number of hydrogen-bond acceptors (Lipinski definition) is 5. The van der Waals surface area contributed by atoms with Crippen LogP contribution in [0.5, 0.6) is 0 Å². The summed E-state index contributed by atoms with van der Waals surface area (Å²) in [6.07, 6.45) is 0. The van der Waals surface area contributed by atoms with Gasteiger partial charge in [-0.2, -0.15) is 0 Å². The van der Waals surface area contributed by atoms with Crippen LogP contribution in [0.25, 0.3) is 0 Å². The number of carbonyl (C=O) groups excluding carboxylic acids is 2. The van der Waals surface area contributed by atoms with Gasteiger partial charge in [0.15, 0.2) is 0 Å². The van der Waals surface area contributed by atoms with Crippen LogP contribution >= 0.6 is 34.5 Å². The summed E-state index contributed by atoms with van der Waals surface area (Å²) in [7, 11) is 0. The zero-order valence-corrected chi connectivity index (χ0v) is 15.5. The molecule has 24 heavy (non-hydrogen) atoms. The Balaban J connectivity index is 1.50. The third kappa shape index (κ3) is 4.21. The van der Waals surface area contributed by atoms with Gasteiger partial charge < -0.3 is 14.5 Å². The molecule has 0 saturated carbocycles. The molecule has 0 bridgehead atoms. The highest BCUT2D eigenvalue weighted by molar-refractivity contribution is 7.20. The molecule has 0 aliphatic carbocycles. The third-order valence-electron chi connectivity index (χ3n) is 4.27. The van der Waals surface area contributed by atoms with Crippen molar-refractivity contribution in [2.45, 2.75) is 0 Å². The average molecular weight is 392 g/mol. The molecule has 2 aliphatic heterocycles. The van der Waals surface area contributed by atoms with Crippen molar-refractivity contribution in [1.82, 2.24) is 14.7 Å². The SMILES string of the molecule is O=C(CN1CCOCC1)N1CCN(C(=O)c2cc(Cl)sc2Cl)CC1. The zero-order chi connectivity index (χ0) is 17.1. The summed E-state index contributed by atoms with van der Waals surface area (Å²) in [6.45, 7) is 5.48. The maximum Gasteiger partial charge on any atom is 0.256 e. The molecule has 0 aromatic carbocycles. The zero-order valence-electron chi connectivity index (χ0n) is 13.2. The van der Waals surface area contributed by atoms with E-state index < -0.39 is 0 Å². The fourth-order valence-corrected chi connectivity index (χ4v) is 4.31. The van der Waals surface area contributed by atoms with Gasteiger partial charge in [0.05, 0.1) is 29.7 Å². The Bertz CT molecular complexity index is 611. The molecule has 0 N–H and O–H groups in total. The Labute approximate surface area is 154 Å². The van der Waals surface area contributed by atoms with Gasteiger partial charge >= 0.3 is 0 Å². The highest BCUT2D eigenvalue weighted by Crippen LogP contribution is 2.32. The Morgan fingerprint density at radius 1 is 1.04 bits per heavy atom.